The first-order valence-corrected chi connectivity index (χ1v) is 7.01. The molecule has 0 saturated heterocycles. The van der Waals surface area contributed by atoms with Crippen LogP contribution in [0.15, 0.2) is 30.5 Å². The predicted octanol–water partition coefficient (Wildman–Crippen LogP) is 2.10. The van der Waals surface area contributed by atoms with Crippen molar-refractivity contribution in [2.24, 2.45) is 7.05 Å². The summed E-state index contributed by atoms with van der Waals surface area (Å²) in [6, 6.07) is 8.75. The summed E-state index contributed by atoms with van der Waals surface area (Å²) in [6.45, 7) is 0. The third-order valence-electron chi connectivity index (χ3n) is 3.96. The maximum Gasteiger partial charge on any atom is 0.251 e. The van der Waals surface area contributed by atoms with Gasteiger partial charge < -0.3 is 5.32 Å². The van der Waals surface area contributed by atoms with Crippen LogP contribution in [0.25, 0.3) is 0 Å². The van der Waals surface area contributed by atoms with E-state index < -0.39 is 0 Å². The Morgan fingerprint density at radius 2 is 2.19 bits per heavy atom. The fourth-order valence-corrected chi connectivity index (χ4v) is 2.79. The molecule has 21 heavy (non-hydrogen) atoms. The number of nitrogens with zero attached hydrogens (tertiary/aromatic N) is 3. The average molecular weight is 280 g/mol. The zero-order chi connectivity index (χ0) is 14.8. The van der Waals surface area contributed by atoms with Crippen LogP contribution in [-0.2, 0) is 13.5 Å². The number of aryl methyl sites for hydroxylation is 1. The van der Waals surface area contributed by atoms with Crippen molar-refractivity contribution >= 4 is 5.91 Å². The molecule has 1 heterocycles. The summed E-state index contributed by atoms with van der Waals surface area (Å²) in [4.78, 5) is 12.3. The molecule has 0 fully saturated rings. The molecule has 5 nitrogen and oxygen atoms in total. The third kappa shape index (κ3) is 2.52. The number of fused-ring (bicyclic) bond motifs is 1. The Bertz CT molecular complexity index is 709. The molecule has 0 saturated carbocycles. The van der Waals surface area contributed by atoms with Gasteiger partial charge in [0.15, 0.2) is 0 Å². The van der Waals surface area contributed by atoms with Gasteiger partial charge in [0.05, 0.1) is 23.9 Å². The highest BCUT2D eigenvalue weighted by atomic mass is 16.1. The number of nitrogens with one attached hydrogen (secondary N) is 1. The van der Waals surface area contributed by atoms with Gasteiger partial charge in [0.2, 0.25) is 0 Å². The molecule has 0 unspecified atom stereocenters. The Morgan fingerprint density at radius 3 is 2.90 bits per heavy atom. The monoisotopic (exact) mass is 280 g/mol. The first kappa shape index (κ1) is 13.4. The molecule has 1 amide bonds. The van der Waals surface area contributed by atoms with Crippen molar-refractivity contribution in [2.75, 3.05) is 0 Å². The molecule has 1 atom stereocenters. The summed E-state index contributed by atoms with van der Waals surface area (Å²) in [5, 5.41) is 16.1. The number of aromatic nitrogens is 2. The summed E-state index contributed by atoms with van der Waals surface area (Å²) >= 11 is 0. The normalized spacial score (nSPS) is 16.9. The van der Waals surface area contributed by atoms with E-state index in [2.05, 4.69) is 10.4 Å². The Balaban J connectivity index is 1.77. The van der Waals surface area contributed by atoms with E-state index in [-0.39, 0.29) is 11.9 Å². The molecule has 0 radical (unpaired) electrons. The topological polar surface area (TPSA) is 70.7 Å². The van der Waals surface area contributed by atoms with Gasteiger partial charge in [0.1, 0.15) is 0 Å². The highest BCUT2D eigenvalue weighted by molar-refractivity contribution is 5.94. The van der Waals surface area contributed by atoms with Gasteiger partial charge in [-0.25, -0.2) is 0 Å². The lowest BCUT2D eigenvalue weighted by Gasteiger charge is -2.23. The fraction of sp³-hybridized carbons (Fsp3) is 0.312. The number of carbonyl (C=O) groups excluding carboxylic acids is 1. The van der Waals surface area contributed by atoms with Crippen molar-refractivity contribution < 1.29 is 4.79 Å². The summed E-state index contributed by atoms with van der Waals surface area (Å²) in [5.41, 5.74) is 3.45. The molecule has 1 N–H and O–H groups in total. The van der Waals surface area contributed by atoms with Crippen molar-refractivity contribution in [1.29, 1.82) is 5.26 Å². The van der Waals surface area contributed by atoms with E-state index in [1.54, 1.807) is 24.3 Å². The highest BCUT2D eigenvalue weighted by Crippen LogP contribution is 2.29. The average Bonchev–Trinajstić information content (AvgIpc) is 2.90. The van der Waals surface area contributed by atoms with Crippen LogP contribution in [0.1, 0.15) is 46.1 Å². The summed E-state index contributed by atoms with van der Waals surface area (Å²) in [7, 11) is 1.93. The van der Waals surface area contributed by atoms with Gasteiger partial charge in [-0.05, 0) is 43.5 Å². The second-order valence-corrected chi connectivity index (χ2v) is 5.28. The van der Waals surface area contributed by atoms with Gasteiger partial charge in [-0.1, -0.05) is 0 Å². The van der Waals surface area contributed by atoms with Crippen molar-refractivity contribution in [3.8, 4) is 6.07 Å². The van der Waals surface area contributed by atoms with Crippen LogP contribution >= 0.6 is 0 Å². The Labute approximate surface area is 123 Å². The van der Waals surface area contributed by atoms with Crippen molar-refractivity contribution in [2.45, 2.75) is 25.3 Å². The molecule has 0 aliphatic heterocycles. The summed E-state index contributed by atoms with van der Waals surface area (Å²) < 4.78 is 1.88. The van der Waals surface area contributed by atoms with Gasteiger partial charge in [-0.15, -0.1) is 0 Å². The number of hydrogen-bond donors (Lipinski definition) is 1. The predicted molar refractivity (Wildman–Crippen MR) is 77.5 cm³/mol. The Hall–Kier alpha value is -2.61. The lowest BCUT2D eigenvalue weighted by molar-refractivity contribution is 0.0932. The molecule has 1 aliphatic rings. The van der Waals surface area contributed by atoms with Gasteiger partial charge in [0, 0.05) is 23.9 Å². The zero-order valence-electron chi connectivity index (χ0n) is 11.8. The van der Waals surface area contributed by atoms with Crippen molar-refractivity contribution in [3.05, 3.63) is 52.8 Å². The van der Waals surface area contributed by atoms with Crippen LogP contribution in [0, 0.1) is 11.3 Å². The highest BCUT2D eigenvalue weighted by Gasteiger charge is 2.24. The number of hydrogen-bond acceptors (Lipinski definition) is 3. The molecule has 0 bridgehead atoms. The van der Waals surface area contributed by atoms with E-state index in [1.807, 2.05) is 24.0 Å². The minimum absolute atomic E-state index is 0.0191. The lowest BCUT2D eigenvalue weighted by atomic mass is 9.92. The molecule has 106 valence electrons. The van der Waals surface area contributed by atoms with E-state index >= 15 is 0 Å². The fourth-order valence-electron chi connectivity index (χ4n) is 2.79. The summed E-state index contributed by atoms with van der Waals surface area (Å²) in [5.74, 6) is -0.110. The SMILES string of the molecule is Cn1ncc2c1CCC[C@@H]2NC(=O)c1ccc(C#N)cc1. The van der Waals surface area contributed by atoms with Crippen LogP contribution in [0.3, 0.4) is 0 Å². The molecule has 1 aliphatic carbocycles. The van der Waals surface area contributed by atoms with Crippen LogP contribution in [0.2, 0.25) is 0 Å². The van der Waals surface area contributed by atoms with E-state index in [9.17, 15) is 4.79 Å². The molecule has 3 rings (SSSR count). The maximum atomic E-state index is 12.3. The number of benzene rings is 1. The van der Waals surface area contributed by atoms with E-state index in [0.29, 0.717) is 11.1 Å². The summed E-state index contributed by atoms with van der Waals surface area (Å²) in [6.07, 6.45) is 4.83. The minimum atomic E-state index is -0.110. The lowest BCUT2D eigenvalue weighted by Crippen LogP contribution is -2.30. The molecule has 2 aromatic rings. The number of nitriles is 1. The first-order chi connectivity index (χ1) is 10.2. The quantitative estimate of drug-likeness (QED) is 0.915. The van der Waals surface area contributed by atoms with Crippen LogP contribution < -0.4 is 5.32 Å². The molecule has 1 aromatic heterocycles. The molecule has 5 heteroatoms. The second-order valence-electron chi connectivity index (χ2n) is 5.28. The number of carbonyl (C=O) groups is 1. The smallest absolute Gasteiger partial charge is 0.251 e. The minimum Gasteiger partial charge on any atom is -0.345 e. The van der Waals surface area contributed by atoms with Crippen LogP contribution in [0.4, 0.5) is 0 Å². The second kappa shape index (κ2) is 5.41. The molecular formula is C16H16N4O. The van der Waals surface area contributed by atoms with Crippen molar-refractivity contribution in [1.82, 2.24) is 15.1 Å². The molecule has 1 aromatic carbocycles. The van der Waals surface area contributed by atoms with E-state index in [4.69, 9.17) is 5.26 Å². The molecule has 0 spiro atoms. The third-order valence-corrected chi connectivity index (χ3v) is 3.96. The number of rotatable bonds is 2. The van der Waals surface area contributed by atoms with E-state index in [1.165, 1.54) is 5.69 Å². The van der Waals surface area contributed by atoms with Gasteiger partial charge in [-0.2, -0.15) is 10.4 Å². The van der Waals surface area contributed by atoms with Crippen LogP contribution in [0.5, 0.6) is 0 Å². The van der Waals surface area contributed by atoms with Crippen molar-refractivity contribution in [3.63, 3.8) is 0 Å². The Morgan fingerprint density at radius 1 is 1.43 bits per heavy atom. The maximum absolute atomic E-state index is 12.3. The van der Waals surface area contributed by atoms with Gasteiger partial charge in [-0.3, -0.25) is 9.48 Å². The zero-order valence-corrected chi connectivity index (χ0v) is 11.8. The number of amides is 1. The largest absolute Gasteiger partial charge is 0.345 e. The van der Waals surface area contributed by atoms with Gasteiger partial charge >= 0.3 is 0 Å². The Kier molecular flexibility index (Phi) is 3.44. The standard InChI is InChI=1S/C16H16N4O/c1-20-15-4-2-3-14(13(15)10-18-20)19-16(21)12-7-5-11(9-17)6-8-12/h5-8,10,14H,2-4H2,1H3,(H,19,21)/t14-/m0/s1. The van der Waals surface area contributed by atoms with Crippen LogP contribution in [-0.4, -0.2) is 15.7 Å². The van der Waals surface area contributed by atoms with Gasteiger partial charge in [0.25, 0.3) is 5.91 Å². The first-order valence-electron chi connectivity index (χ1n) is 7.01. The molecular weight excluding hydrogens is 264 g/mol. The van der Waals surface area contributed by atoms with E-state index in [0.717, 1.165) is 24.8 Å².